The SMILES string of the molecule is COc1ccccc1NC(=O)C1=C(C)N(c2ccccc2)C(=S)NC1c1ccc(C#N)cc1. The highest BCUT2D eigenvalue weighted by molar-refractivity contribution is 7.80. The number of carbonyl (C=O) groups is 1. The van der Waals surface area contributed by atoms with Gasteiger partial charge in [-0.15, -0.1) is 0 Å². The number of ether oxygens (including phenoxy) is 1. The largest absolute Gasteiger partial charge is 0.495 e. The number of anilines is 2. The maximum Gasteiger partial charge on any atom is 0.255 e. The molecule has 0 aromatic heterocycles. The monoisotopic (exact) mass is 454 g/mol. The van der Waals surface area contributed by atoms with E-state index in [-0.39, 0.29) is 5.91 Å². The van der Waals surface area contributed by atoms with Crippen molar-refractivity contribution in [2.45, 2.75) is 13.0 Å². The minimum atomic E-state index is -0.486. The van der Waals surface area contributed by atoms with Crippen molar-refractivity contribution in [2.75, 3.05) is 17.3 Å². The van der Waals surface area contributed by atoms with E-state index in [4.69, 9.17) is 22.2 Å². The first-order chi connectivity index (χ1) is 16.0. The summed E-state index contributed by atoms with van der Waals surface area (Å²) in [7, 11) is 1.56. The molecule has 0 spiro atoms. The third-order valence-corrected chi connectivity index (χ3v) is 5.77. The summed E-state index contributed by atoms with van der Waals surface area (Å²) >= 11 is 5.70. The maximum absolute atomic E-state index is 13.6. The van der Waals surface area contributed by atoms with Crippen LogP contribution < -0.4 is 20.3 Å². The van der Waals surface area contributed by atoms with Gasteiger partial charge in [-0.2, -0.15) is 5.26 Å². The minimum Gasteiger partial charge on any atom is -0.495 e. The molecule has 3 aromatic rings. The molecule has 0 bridgehead atoms. The van der Waals surface area contributed by atoms with E-state index >= 15 is 0 Å². The number of nitriles is 1. The van der Waals surface area contributed by atoms with Crippen LogP contribution in [0.5, 0.6) is 5.75 Å². The van der Waals surface area contributed by atoms with Gasteiger partial charge in [-0.05, 0) is 61.1 Å². The highest BCUT2D eigenvalue weighted by Crippen LogP contribution is 2.35. The van der Waals surface area contributed by atoms with Gasteiger partial charge in [0.15, 0.2) is 5.11 Å². The van der Waals surface area contributed by atoms with Gasteiger partial charge in [-0.1, -0.05) is 42.5 Å². The fourth-order valence-corrected chi connectivity index (χ4v) is 4.22. The Hall–Kier alpha value is -4.15. The van der Waals surface area contributed by atoms with E-state index in [0.29, 0.717) is 33.4 Å². The van der Waals surface area contributed by atoms with Crippen LogP contribution in [0.25, 0.3) is 0 Å². The van der Waals surface area contributed by atoms with Crippen molar-refractivity contribution in [1.29, 1.82) is 5.26 Å². The molecule has 1 unspecified atom stereocenters. The standard InChI is InChI=1S/C26H22N4O2S/c1-17-23(25(31)28-21-10-6-7-11-22(21)32-2)24(19-14-12-18(16-27)13-15-19)29-26(33)30(17)20-8-4-3-5-9-20/h3-15,24H,1-2H3,(H,28,31)(H,29,33). The lowest BCUT2D eigenvalue weighted by Gasteiger charge is -2.38. The molecule has 33 heavy (non-hydrogen) atoms. The number of allylic oxidation sites excluding steroid dienone is 1. The molecule has 0 saturated heterocycles. The van der Waals surface area contributed by atoms with Gasteiger partial charge in [0.1, 0.15) is 5.75 Å². The van der Waals surface area contributed by atoms with Gasteiger partial charge in [0, 0.05) is 11.4 Å². The highest BCUT2D eigenvalue weighted by Gasteiger charge is 2.34. The van der Waals surface area contributed by atoms with Crippen molar-refractivity contribution >= 4 is 34.6 Å². The first-order valence-corrected chi connectivity index (χ1v) is 10.7. The van der Waals surface area contributed by atoms with Gasteiger partial charge in [0.2, 0.25) is 0 Å². The van der Waals surface area contributed by atoms with Crippen LogP contribution in [0.2, 0.25) is 0 Å². The van der Waals surface area contributed by atoms with Crippen molar-refractivity contribution in [2.24, 2.45) is 0 Å². The van der Waals surface area contributed by atoms with Crippen molar-refractivity contribution < 1.29 is 9.53 Å². The van der Waals surface area contributed by atoms with E-state index in [1.807, 2.05) is 66.4 Å². The molecule has 0 aliphatic carbocycles. The number of hydrogen-bond donors (Lipinski definition) is 2. The maximum atomic E-state index is 13.6. The third-order valence-electron chi connectivity index (χ3n) is 5.47. The second-order valence-corrected chi connectivity index (χ2v) is 7.83. The molecular weight excluding hydrogens is 432 g/mol. The van der Waals surface area contributed by atoms with E-state index in [9.17, 15) is 4.79 Å². The topological polar surface area (TPSA) is 77.4 Å². The van der Waals surface area contributed by atoms with E-state index in [2.05, 4.69) is 16.7 Å². The molecule has 1 atom stereocenters. The number of carbonyl (C=O) groups excluding carboxylic acids is 1. The van der Waals surface area contributed by atoms with Crippen LogP contribution in [0.15, 0.2) is 90.1 Å². The first-order valence-electron chi connectivity index (χ1n) is 10.3. The number of rotatable bonds is 5. The molecule has 0 radical (unpaired) electrons. The van der Waals surface area contributed by atoms with Crippen LogP contribution in [0, 0.1) is 11.3 Å². The Balaban J connectivity index is 1.81. The lowest BCUT2D eigenvalue weighted by Crippen LogP contribution is -2.48. The van der Waals surface area contributed by atoms with Gasteiger partial charge in [-0.25, -0.2) is 0 Å². The molecule has 7 heteroatoms. The Bertz CT molecular complexity index is 1260. The van der Waals surface area contributed by atoms with Gasteiger partial charge in [-0.3, -0.25) is 9.69 Å². The van der Waals surface area contributed by atoms with Crippen molar-refractivity contribution in [3.8, 4) is 11.8 Å². The summed E-state index contributed by atoms with van der Waals surface area (Å²) in [6.07, 6.45) is 0. The lowest BCUT2D eigenvalue weighted by molar-refractivity contribution is -0.113. The number of hydrogen-bond acceptors (Lipinski definition) is 4. The van der Waals surface area contributed by atoms with E-state index in [0.717, 1.165) is 11.3 Å². The zero-order valence-corrected chi connectivity index (χ0v) is 19.0. The molecule has 3 aromatic carbocycles. The summed E-state index contributed by atoms with van der Waals surface area (Å²) in [5, 5.41) is 16.0. The van der Waals surface area contributed by atoms with Crippen LogP contribution >= 0.6 is 12.2 Å². The molecule has 1 aliphatic rings. The average molecular weight is 455 g/mol. The second-order valence-electron chi connectivity index (χ2n) is 7.44. The number of nitrogens with one attached hydrogen (secondary N) is 2. The van der Waals surface area contributed by atoms with E-state index in [1.54, 1.807) is 31.4 Å². The molecule has 2 N–H and O–H groups in total. The Kier molecular flexibility index (Phi) is 6.38. The summed E-state index contributed by atoms with van der Waals surface area (Å²) in [4.78, 5) is 15.5. The normalized spacial score (nSPS) is 15.5. The molecule has 164 valence electrons. The third kappa shape index (κ3) is 4.43. The summed E-state index contributed by atoms with van der Waals surface area (Å²) in [6.45, 7) is 1.88. The molecule has 1 aliphatic heterocycles. The Morgan fingerprint density at radius 3 is 2.39 bits per heavy atom. The average Bonchev–Trinajstić information content (AvgIpc) is 2.84. The number of methoxy groups -OCH3 is 1. The number of para-hydroxylation sites is 3. The number of amides is 1. The van der Waals surface area contributed by atoms with E-state index in [1.165, 1.54) is 0 Å². The zero-order chi connectivity index (χ0) is 23.4. The summed E-state index contributed by atoms with van der Waals surface area (Å²) in [5.74, 6) is 0.292. The highest BCUT2D eigenvalue weighted by atomic mass is 32.1. The zero-order valence-electron chi connectivity index (χ0n) is 18.2. The van der Waals surface area contributed by atoms with Crippen molar-refractivity contribution in [3.05, 3.63) is 101 Å². The predicted molar refractivity (Wildman–Crippen MR) is 133 cm³/mol. The molecule has 4 rings (SSSR count). The number of thiocarbonyl (C=S) groups is 1. The summed E-state index contributed by atoms with van der Waals surface area (Å²) < 4.78 is 5.40. The fourth-order valence-electron chi connectivity index (χ4n) is 3.86. The molecule has 6 nitrogen and oxygen atoms in total. The summed E-state index contributed by atoms with van der Waals surface area (Å²) in [6, 6.07) is 25.7. The van der Waals surface area contributed by atoms with Gasteiger partial charge >= 0.3 is 0 Å². The van der Waals surface area contributed by atoms with Gasteiger partial charge in [0.25, 0.3) is 5.91 Å². The number of nitrogens with zero attached hydrogens (tertiary/aromatic N) is 2. The number of benzene rings is 3. The Labute approximate surface area is 198 Å². The Morgan fingerprint density at radius 1 is 1.06 bits per heavy atom. The molecular formula is C26H22N4O2S. The van der Waals surface area contributed by atoms with Gasteiger partial charge < -0.3 is 15.4 Å². The van der Waals surface area contributed by atoms with Crippen LogP contribution in [-0.2, 0) is 4.79 Å². The Morgan fingerprint density at radius 2 is 1.73 bits per heavy atom. The second kappa shape index (κ2) is 9.55. The summed E-state index contributed by atoms with van der Waals surface area (Å²) in [5.41, 5.74) is 4.03. The van der Waals surface area contributed by atoms with Crippen molar-refractivity contribution in [3.63, 3.8) is 0 Å². The van der Waals surface area contributed by atoms with Gasteiger partial charge in [0.05, 0.1) is 36.0 Å². The van der Waals surface area contributed by atoms with Crippen LogP contribution in [0.4, 0.5) is 11.4 Å². The smallest absolute Gasteiger partial charge is 0.255 e. The van der Waals surface area contributed by atoms with E-state index < -0.39 is 6.04 Å². The van der Waals surface area contributed by atoms with Crippen LogP contribution in [0.1, 0.15) is 24.1 Å². The molecule has 0 fully saturated rings. The van der Waals surface area contributed by atoms with Crippen LogP contribution in [0.3, 0.4) is 0 Å². The first kappa shape index (κ1) is 22.1. The molecule has 0 saturated carbocycles. The molecule has 1 amide bonds. The molecule has 1 heterocycles. The van der Waals surface area contributed by atoms with Crippen LogP contribution in [-0.4, -0.2) is 18.1 Å². The fraction of sp³-hybridized carbons (Fsp3) is 0.115. The quantitative estimate of drug-likeness (QED) is 0.533. The minimum absolute atomic E-state index is 0.276. The van der Waals surface area contributed by atoms with Crippen molar-refractivity contribution in [1.82, 2.24) is 5.32 Å². The lowest BCUT2D eigenvalue weighted by atomic mass is 9.93. The predicted octanol–water partition coefficient (Wildman–Crippen LogP) is 4.92.